The number of hydrogen-bond acceptors (Lipinski definition) is 5. The molecule has 1 saturated heterocycles. The topological polar surface area (TPSA) is 78.9 Å². The van der Waals surface area contributed by atoms with Gasteiger partial charge in [0.2, 0.25) is 10.0 Å². The summed E-state index contributed by atoms with van der Waals surface area (Å²) in [4.78, 5) is 1.95. The number of halogens is 3. The zero-order valence-corrected chi connectivity index (χ0v) is 14.5. The van der Waals surface area contributed by atoms with Crippen LogP contribution in [0, 0.1) is 5.92 Å². The smallest absolute Gasteiger partial charge is 0.389 e. The van der Waals surface area contributed by atoms with E-state index in [1.807, 2.05) is 11.9 Å². The van der Waals surface area contributed by atoms with E-state index in [1.165, 1.54) is 0 Å². The minimum Gasteiger partial charge on any atom is -0.389 e. The van der Waals surface area contributed by atoms with Crippen molar-refractivity contribution in [1.29, 1.82) is 0 Å². The molecular formula is C14H25F3N2O4S. The Hall–Kier alpha value is -0.420. The molecule has 6 nitrogen and oxygen atoms in total. The molecule has 0 aromatic heterocycles. The van der Waals surface area contributed by atoms with Gasteiger partial charge in [-0.15, -0.1) is 0 Å². The number of sulfonamides is 1. The summed E-state index contributed by atoms with van der Waals surface area (Å²) in [5, 5.41) is 10.3. The fourth-order valence-electron chi connectivity index (χ4n) is 3.30. The summed E-state index contributed by atoms with van der Waals surface area (Å²) < 4.78 is 70.4. The molecule has 1 saturated carbocycles. The van der Waals surface area contributed by atoms with Crippen LogP contribution in [-0.2, 0) is 14.8 Å². The third-order valence-corrected chi connectivity index (χ3v) is 6.05. The highest BCUT2D eigenvalue weighted by Gasteiger charge is 2.47. The average molecular weight is 374 g/mol. The minimum absolute atomic E-state index is 0.0270. The second kappa shape index (κ2) is 7.45. The van der Waals surface area contributed by atoms with Gasteiger partial charge in [0.15, 0.2) is 0 Å². The molecule has 2 fully saturated rings. The number of nitrogens with one attached hydrogen (secondary N) is 1. The highest BCUT2D eigenvalue weighted by Crippen LogP contribution is 2.41. The van der Waals surface area contributed by atoms with Crippen molar-refractivity contribution in [1.82, 2.24) is 9.62 Å². The van der Waals surface area contributed by atoms with Crippen LogP contribution in [0.4, 0.5) is 13.2 Å². The first-order chi connectivity index (χ1) is 11.0. The summed E-state index contributed by atoms with van der Waals surface area (Å²) in [5.74, 6) is -1.85. The van der Waals surface area contributed by atoms with Crippen LogP contribution in [0.2, 0.25) is 0 Å². The monoisotopic (exact) mass is 374 g/mol. The lowest BCUT2D eigenvalue weighted by Crippen LogP contribution is -2.50. The van der Waals surface area contributed by atoms with E-state index >= 15 is 0 Å². The van der Waals surface area contributed by atoms with Crippen molar-refractivity contribution in [2.45, 2.75) is 43.6 Å². The summed E-state index contributed by atoms with van der Waals surface area (Å²) in [5.41, 5.74) is -1.66. The first-order valence-corrected chi connectivity index (χ1v) is 9.71. The summed E-state index contributed by atoms with van der Waals surface area (Å²) >= 11 is 0. The van der Waals surface area contributed by atoms with Crippen LogP contribution in [0.25, 0.3) is 0 Å². The Balaban J connectivity index is 1.88. The van der Waals surface area contributed by atoms with Crippen molar-refractivity contribution >= 4 is 10.0 Å². The highest BCUT2D eigenvalue weighted by atomic mass is 32.2. The maximum Gasteiger partial charge on any atom is 0.391 e. The molecule has 1 aliphatic carbocycles. The Morgan fingerprint density at radius 3 is 2.75 bits per heavy atom. The third kappa shape index (κ3) is 5.83. The van der Waals surface area contributed by atoms with E-state index in [2.05, 4.69) is 4.72 Å². The Morgan fingerprint density at radius 2 is 2.12 bits per heavy atom. The summed E-state index contributed by atoms with van der Waals surface area (Å²) in [6, 6.07) is 0. The van der Waals surface area contributed by atoms with Gasteiger partial charge in [-0.05, 0) is 32.7 Å². The quantitative estimate of drug-likeness (QED) is 0.741. The molecule has 0 aromatic rings. The number of likely N-dealkylation sites (N-methyl/N-ethyl adjacent to an activating group) is 1. The van der Waals surface area contributed by atoms with Gasteiger partial charge in [-0.3, -0.25) is 0 Å². The Labute approximate surface area is 140 Å². The molecular weight excluding hydrogens is 349 g/mol. The van der Waals surface area contributed by atoms with Gasteiger partial charge in [0.25, 0.3) is 0 Å². The Morgan fingerprint density at radius 1 is 1.42 bits per heavy atom. The second-order valence-corrected chi connectivity index (χ2v) is 8.77. The fraction of sp³-hybridized carbons (Fsp3) is 1.00. The summed E-state index contributed by atoms with van der Waals surface area (Å²) in [7, 11) is -1.88. The molecule has 3 unspecified atom stereocenters. The standard InChI is InChI=1S/C14H25F3N2O4S/c1-19-5-6-23-12(8-19)9-24(21,22)18-10-13(20)4-2-3-11(7-13)14(15,16)17/h11-12,18,20H,2-10H2,1H3. The molecule has 3 atom stereocenters. The van der Waals surface area contributed by atoms with E-state index < -0.39 is 46.8 Å². The number of aliphatic hydroxyl groups is 1. The van der Waals surface area contributed by atoms with Crippen molar-refractivity contribution in [3.8, 4) is 0 Å². The number of alkyl halides is 3. The van der Waals surface area contributed by atoms with E-state index in [0.717, 1.165) is 6.54 Å². The molecule has 142 valence electrons. The Kier molecular flexibility index (Phi) is 6.17. The third-order valence-electron chi connectivity index (χ3n) is 4.65. The lowest BCUT2D eigenvalue weighted by molar-refractivity contribution is -0.199. The first kappa shape index (κ1) is 19.9. The van der Waals surface area contributed by atoms with Gasteiger partial charge in [0, 0.05) is 19.6 Å². The molecule has 10 heteroatoms. The Bertz CT molecular complexity index is 529. The SMILES string of the molecule is CN1CCOC(CS(=O)(=O)NCC2(O)CCCC(C(F)(F)F)C2)C1. The van der Waals surface area contributed by atoms with Gasteiger partial charge in [-0.2, -0.15) is 13.2 Å². The van der Waals surface area contributed by atoms with E-state index in [1.54, 1.807) is 0 Å². The van der Waals surface area contributed by atoms with Crippen molar-refractivity contribution in [2.75, 3.05) is 39.0 Å². The maximum atomic E-state index is 12.8. The van der Waals surface area contributed by atoms with E-state index in [-0.39, 0.29) is 25.0 Å². The summed E-state index contributed by atoms with van der Waals surface area (Å²) in [6.07, 6.45) is -4.97. The number of nitrogens with zero attached hydrogens (tertiary/aromatic N) is 1. The molecule has 2 N–H and O–H groups in total. The molecule has 2 aliphatic rings. The van der Waals surface area contributed by atoms with Crippen LogP contribution >= 0.6 is 0 Å². The van der Waals surface area contributed by atoms with Gasteiger partial charge in [0.1, 0.15) is 0 Å². The van der Waals surface area contributed by atoms with Crippen molar-refractivity contribution in [2.24, 2.45) is 5.92 Å². The van der Waals surface area contributed by atoms with E-state index in [4.69, 9.17) is 4.74 Å². The molecule has 0 spiro atoms. The van der Waals surface area contributed by atoms with Crippen LogP contribution in [0.3, 0.4) is 0 Å². The molecule has 0 amide bonds. The molecule has 0 radical (unpaired) electrons. The predicted molar refractivity (Wildman–Crippen MR) is 82.0 cm³/mol. The van der Waals surface area contributed by atoms with Crippen molar-refractivity contribution in [3.05, 3.63) is 0 Å². The van der Waals surface area contributed by atoms with Gasteiger partial charge >= 0.3 is 6.18 Å². The largest absolute Gasteiger partial charge is 0.391 e. The van der Waals surface area contributed by atoms with Crippen molar-refractivity contribution < 1.29 is 31.4 Å². The lowest BCUT2D eigenvalue weighted by Gasteiger charge is -2.37. The molecule has 1 heterocycles. The number of hydrogen-bond donors (Lipinski definition) is 2. The number of morpholine rings is 1. The fourth-order valence-corrected chi connectivity index (χ4v) is 4.59. The van der Waals surface area contributed by atoms with Crippen LogP contribution in [-0.4, -0.2) is 75.3 Å². The highest BCUT2D eigenvalue weighted by molar-refractivity contribution is 7.89. The average Bonchev–Trinajstić information content (AvgIpc) is 2.44. The molecule has 0 aromatic carbocycles. The van der Waals surface area contributed by atoms with Crippen molar-refractivity contribution in [3.63, 3.8) is 0 Å². The normalized spacial score (nSPS) is 33.5. The maximum absolute atomic E-state index is 12.8. The van der Waals surface area contributed by atoms with Gasteiger partial charge < -0.3 is 14.7 Å². The lowest BCUT2D eigenvalue weighted by atomic mass is 9.78. The minimum atomic E-state index is -4.37. The zero-order chi connectivity index (χ0) is 18.0. The number of rotatable bonds is 5. The van der Waals surface area contributed by atoms with Gasteiger partial charge in [0.05, 0.1) is 30.0 Å². The van der Waals surface area contributed by atoms with Crippen LogP contribution in [0.5, 0.6) is 0 Å². The second-order valence-electron chi connectivity index (χ2n) is 6.92. The molecule has 0 bridgehead atoms. The molecule has 2 rings (SSSR count). The zero-order valence-electron chi connectivity index (χ0n) is 13.7. The number of ether oxygens (including phenoxy) is 1. The first-order valence-electron chi connectivity index (χ1n) is 8.06. The van der Waals surface area contributed by atoms with Crippen LogP contribution in [0.15, 0.2) is 0 Å². The van der Waals surface area contributed by atoms with Crippen LogP contribution in [0.1, 0.15) is 25.7 Å². The van der Waals surface area contributed by atoms with Gasteiger partial charge in [-0.25, -0.2) is 13.1 Å². The predicted octanol–water partition coefficient (Wildman–Crippen LogP) is 0.720. The van der Waals surface area contributed by atoms with Crippen LogP contribution < -0.4 is 4.72 Å². The molecule has 24 heavy (non-hydrogen) atoms. The van der Waals surface area contributed by atoms with E-state index in [0.29, 0.717) is 13.2 Å². The van der Waals surface area contributed by atoms with Gasteiger partial charge in [-0.1, -0.05) is 0 Å². The summed E-state index contributed by atoms with van der Waals surface area (Å²) in [6.45, 7) is 1.24. The van der Waals surface area contributed by atoms with E-state index in [9.17, 15) is 26.7 Å². The molecule has 1 aliphatic heterocycles.